The van der Waals surface area contributed by atoms with Crippen molar-refractivity contribution in [1.82, 2.24) is 0 Å². The van der Waals surface area contributed by atoms with Gasteiger partial charge in [-0.1, -0.05) is 17.3 Å². The van der Waals surface area contributed by atoms with E-state index in [1.165, 1.54) is 43.3 Å². The minimum Gasteiger partial charge on any atom is -0.550 e. The van der Waals surface area contributed by atoms with Gasteiger partial charge in [-0.25, -0.2) is 4.39 Å². The molecule has 0 spiro atoms. The zero-order chi connectivity index (χ0) is 20.3. The van der Waals surface area contributed by atoms with Crippen LogP contribution >= 0.6 is 0 Å². The van der Waals surface area contributed by atoms with E-state index in [0.29, 0.717) is 22.5 Å². The lowest BCUT2D eigenvalue weighted by Gasteiger charge is -2.25. The van der Waals surface area contributed by atoms with E-state index >= 15 is 0 Å². The number of rotatable bonds is 6. The molecule has 1 N–H and O–H groups in total. The van der Waals surface area contributed by atoms with Gasteiger partial charge in [0.25, 0.3) is 5.91 Å². The highest BCUT2D eigenvalue weighted by molar-refractivity contribution is 6.09. The van der Waals surface area contributed by atoms with Crippen molar-refractivity contribution < 1.29 is 28.7 Å². The smallest absolute Gasteiger partial charge is 0.272 e. The second-order valence-electron chi connectivity index (χ2n) is 6.44. The summed E-state index contributed by atoms with van der Waals surface area (Å²) < 4.78 is 13.1. The number of nitrogens with one attached hydrogen (secondary N) is 1. The Morgan fingerprint density at radius 3 is 2.36 bits per heavy atom. The number of hydrogen-bond donors (Lipinski definition) is 1. The number of aliphatic carboxylic acids is 1. The van der Waals surface area contributed by atoms with E-state index in [1.54, 1.807) is 12.1 Å². The predicted octanol–water partition coefficient (Wildman–Crippen LogP) is 1.67. The molecule has 144 valence electrons. The van der Waals surface area contributed by atoms with Crippen molar-refractivity contribution in [2.75, 3.05) is 5.32 Å². The number of Topliss-reactive ketones (excluding diaryl/α,β-unsaturated/α-hetero) is 1. The van der Waals surface area contributed by atoms with Crippen LogP contribution in [0.25, 0.3) is 0 Å². The SMILES string of the molecule is CC(=O)c1ccc(NC(=O)[C@@]2(CC(=O)[O-])CC(c3ccc(F)cc3)=NO2)cc1. The van der Waals surface area contributed by atoms with Gasteiger partial charge in [-0.3, -0.25) is 9.59 Å². The number of ketones is 1. The Kier molecular flexibility index (Phi) is 5.21. The number of benzene rings is 2. The molecular weight excluding hydrogens is 367 g/mol. The molecule has 0 saturated carbocycles. The van der Waals surface area contributed by atoms with Gasteiger partial charge in [-0.15, -0.1) is 0 Å². The van der Waals surface area contributed by atoms with Gasteiger partial charge in [0, 0.05) is 30.1 Å². The Bertz CT molecular complexity index is 954. The molecule has 0 unspecified atom stereocenters. The fraction of sp³-hybridized carbons (Fsp3) is 0.200. The molecule has 1 aliphatic heterocycles. The lowest BCUT2D eigenvalue weighted by Crippen LogP contribution is -2.47. The van der Waals surface area contributed by atoms with Crippen LogP contribution < -0.4 is 10.4 Å². The summed E-state index contributed by atoms with van der Waals surface area (Å²) in [5.74, 6) is -2.75. The highest BCUT2D eigenvalue weighted by Gasteiger charge is 2.47. The maximum Gasteiger partial charge on any atom is 0.272 e. The van der Waals surface area contributed by atoms with E-state index in [4.69, 9.17) is 4.84 Å². The summed E-state index contributed by atoms with van der Waals surface area (Å²) in [6, 6.07) is 11.5. The van der Waals surface area contributed by atoms with Crippen LogP contribution in [0.15, 0.2) is 53.7 Å². The molecule has 3 rings (SSSR count). The molecule has 1 amide bonds. The second-order valence-corrected chi connectivity index (χ2v) is 6.44. The van der Waals surface area contributed by atoms with Gasteiger partial charge < -0.3 is 20.1 Å². The van der Waals surface area contributed by atoms with E-state index < -0.39 is 29.7 Å². The highest BCUT2D eigenvalue weighted by atomic mass is 19.1. The number of halogens is 1. The number of hydrogen-bond acceptors (Lipinski definition) is 6. The third kappa shape index (κ3) is 4.06. The number of nitrogens with zero attached hydrogens (tertiary/aromatic N) is 1. The molecular formula is C20H16FN2O5-. The molecule has 0 fully saturated rings. The van der Waals surface area contributed by atoms with E-state index in [0.717, 1.165) is 0 Å². The van der Waals surface area contributed by atoms with Gasteiger partial charge in [0.2, 0.25) is 5.60 Å². The Balaban J connectivity index is 1.80. The number of amides is 1. The van der Waals surface area contributed by atoms with Gasteiger partial charge in [0.05, 0.1) is 5.71 Å². The molecule has 0 aromatic heterocycles. The molecule has 8 heteroatoms. The van der Waals surface area contributed by atoms with E-state index in [-0.39, 0.29) is 12.2 Å². The molecule has 2 aromatic carbocycles. The number of anilines is 1. The maximum absolute atomic E-state index is 13.1. The minimum atomic E-state index is -1.79. The molecule has 2 aromatic rings. The summed E-state index contributed by atoms with van der Waals surface area (Å²) in [5.41, 5.74) is -0.112. The third-order valence-electron chi connectivity index (χ3n) is 4.35. The average Bonchev–Trinajstić information content (AvgIpc) is 3.07. The first-order valence-electron chi connectivity index (χ1n) is 8.42. The van der Waals surface area contributed by atoms with Crippen molar-refractivity contribution in [3.63, 3.8) is 0 Å². The van der Waals surface area contributed by atoms with Crippen LogP contribution in [-0.2, 0) is 14.4 Å². The number of carbonyl (C=O) groups excluding carboxylic acids is 3. The van der Waals surface area contributed by atoms with Crippen molar-refractivity contribution in [3.8, 4) is 0 Å². The van der Waals surface area contributed by atoms with Crippen molar-refractivity contribution >= 4 is 29.1 Å². The molecule has 7 nitrogen and oxygen atoms in total. The summed E-state index contributed by atoms with van der Waals surface area (Å²) in [7, 11) is 0. The summed E-state index contributed by atoms with van der Waals surface area (Å²) in [6.07, 6.45) is -0.831. The van der Waals surface area contributed by atoms with Gasteiger partial charge >= 0.3 is 0 Å². The van der Waals surface area contributed by atoms with Crippen LogP contribution in [0.5, 0.6) is 0 Å². The molecule has 0 aliphatic carbocycles. The quantitative estimate of drug-likeness (QED) is 0.764. The zero-order valence-electron chi connectivity index (χ0n) is 14.9. The van der Waals surface area contributed by atoms with Gasteiger partial charge in [0.1, 0.15) is 5.82 Å². The van der Waals surface area contributed by atoms with Crippen molar-refractivity contribution in [3.05, 3.63) is 65.5 Å². The van der Waals surface area contributed by atoms with Crippen LogP contribution in [0, 0.1) is 5.82 Å². The van der Waals surface area contributed by atoms with Crippen LogP contribution in [-0.4, -0.2) is 29.0 Å². The Labute approximate surface area is 159 Å². The molecule has 1 atom stereocenters. The molecule has 1 aliphatic rings. The molecule has 28 heavy (non-hydrogen) atoms. The monoisotopic (exact) mass is 383 g/mol. The first-order valence-corrected chi connectivity index (χ1v) is 8.42. The summed E-state index contributed by atoms with van der Waals surface area (Å²) in [5, 5.41) is 17.6. The number of carbonyl (C=O) groups is 3. The van der Waals surface area contributed by atoms with Gasteiger partial charge in [-0.2, -0.15) is 0 Å². The third-order valence-corrected chi connectivity index (χ3v) is 4.35. The van der Waals surface area contributed by atoms with Crippen LogP contribution in [0.4, 0.5) is 10.1 Å². The lowest BCUT2D eigenvalue weighted by molar-refractivity contribution is -0.309. The van der Waals surface area contributed by atoms with Crippen LogP contribution in [0.2, 0.25) is 0 Å². The van der Waals surface area contributed by atoms with Gasteiger partial charge in [-0.05, 0) is 48.9 Å². The molecule has 0 bridgehead atoms. The topological polar surface area (TPSA) is 108 Å². The summed E-state index contributed by atoms with van der Waals surface area (Å²) >= 11 is 0. The number of carboxylic acids is 1. The first-order chi connectivity index (χ1) is 13.3. The largest absolute Gasteiger partial charge is 0.550 e. The predicted molar refractivity (Wildman–Crippen MR) is 96.1 cm³/mol. The Hall–Kier alpha value is -3.55. The normalized spacial score (nSPS) is 18.1. The molecule has 1 heterocycles. The van der Waals surface area contributed by atoms with Crippen molar-refractivity contribution in [2.24, 2.45) is 5.16 Å². The van der Waals surface area contributed by atoms with E-state index in [9.17, 15) is 23.9 Å². The fourth-order valence-corrected chi connectivity index (χ4v) is 2.84. The lowest BCUT2D eigenvalue weighted by atomic mass is 9.90. The minimum absolute atomic E-state index is 0.121. The first kappa shape index (κ1) is 19.2. The molecule has 0 radical (unpaired) electrons. The number of oxime groups is 1. The van der Waals surface area contributed by atoms with Crippen LogP contribution in [0.3, 0.4) is 0 Å². The Morgan fingerprint density at radius 1 is 1.14 bits per heavy atom. The second kappa shape index (κ2) is 7.59. The van der Waals surface area contributed by atoms with E-state index in [2.05, 4.69) is 10.5 Å². The van der Waals surface area contributed by atoms with Gasteiger partial charge in [0.15, 0.2) is 5.78 Å². The maximum atomic E-state index is 13.1. The standard InChI is InChI=1S/C20H17FN2O5/c1-12(24)13-4-8-16(9-5-13)22-19(27)20(11-18(25)26)10-17(23-28-20)14-2-6-15(21)7-3-14/h2-9H,10-11H2,1H3,(H,22,27)(H,25,26)/p-1/t20-/m0/s1. The molecule has 0 saturated heterocycles. The average molecular weight is 383 g/mol. The summed E-state index contributed by atoms with van der Waals surface area (Å²) in [6.45, 7) is 1.42. The van der Waals surface area contributed by atoms with Crippen LogP contribution in [0.1, 0.15) is 35.7 Å². The van der Waals surface area contributed by atoms with E-state index in [1.807, 2.05) is 0 Å². The summed E-state index contributed by atoms with van der Waals surface area (Å²) in [4.78, 5) is 40.6. The Morgan fingerprint density at radius 2 is 1.79 bits per heavy atom. The highest BCUT2D eigenvalue weighted by Crippen LogP contribution is 2.31. The fourth-order valence-electron chi connectivity index (χ4n) is 2.84. The zero-order valence-corrected chi connectivity index (χ0v) is 14.9. The van der Waals surface area contributed by atoms with Crippen molar-refractivity contribution in [1.29, 1.82) is 0 Å². The van der Waals surface area contributed by atoms with Crippen molar-refractivity contribution in [2.45, 2.75) is 25.4 Å². The number of carboxylic acid groups (broad SMARTS) is 1.